The second kappa shape index (κ2) is 6.26. The van der Waals surface area contributed by atoms with Gasteiger partial charge >= 0.3 is 6.09 Å². The molecule has 4 heterocycles. The average Bonchev–Trinajstić information content (AvgIpc) is 2.52. The lowest BCUT2D eigenvalue weighted by atomic mass is 9.73. The summed E-state index contributed by atoms with van der Waals surface area (Å²) in [4.78, 5) is 27.5. The van der Waals surface area contributed by atoms with Gasteiger partial charge in [-0.15, -0.1) is 0 Å². The molecule has 1 aromatic heterocycles. The fourth-order valence-electron chi connectivity index (χ4n) is 3.78. The van der Waals surface area contributed by atoms with Crippen LogP contribution in [0, 0.1) is 5.41 Å². The summed E-state index contributed by atoms with van der Waals surface area (Å²) in [6, 6.07) is 1.96. The Kier molecular flexibility index (Phi) is 4.17. The molecule has 0 atom stereocenters. The first-order chi connectivity index (χ1) is 12.3. The molecule has 0 bridgehead atoms. The van der Waals surface area contributed by atoms with Crippen molar-refractivity contribution in [2.24, 2.45) is 5.41 Å². The van der Waals surface area contributed by atoms with Crippen LogP contribution in [0.15, 0.2) is 12.3 Å². The number of ether oxygens (including phenoxy) is 2. The molecule has 26 heavy (non-hydrogen) atoms. The molecule has 4 rings (SSSR count). The lowest BCUT2D eigenvalue weighted by molar-refractivity contribution is -0.0456. The quantitative estimate of drug-likeness (QED) is 0.788. The summed E-state index contributed by atoms with van der Waals surface area (Å²) in [5, 5.41) is 0. The second-order valence-electron chi connectivity index (χ2n) is 8.51. The summed E-state index contributed by atoms with van der Waals surface area (Å²) in [6.07, 6.45) is 1.61. The molecule has 0 unspecified atom stereocenters. The summed E-state index contributed by atoms with van der Waals surface area (Å²) in [5.41, 5.74) is -0.269. The van der Waals surface area contributed by atoms with Gasteiger partial charge in [-0.05, 0) is 26.8 Å². The Bertz CT molecular complexity index is 670. The summed E-state index contributed by atoms with van der Waals surface area (Å²) < 4.78 is 10.8. The van der Waals surface area contributed by atoms with Crippen molar-refractivity contribution in [1.29, 1.82) is 0 Å². The molecule has 3 saturated heterocycles. The maximum Gasteiger partial charge on any atom is 0.410 e. The average molecular weight is 361 g/mol. The Labute approximate surface area is 154 Å². The van der Waals surface area contributed by atoms with E-state index < -0.39 is 5.60 Å². The number of morpholine rings is 1. The van der Waals surface area contributed by atoms with Crippen LogP contribution in [0.25, 0.3) is 0 Å². The zero-order valence-corrected chi connectivity index (χ0v) is 15.8. The van der Waals surface area contributed by atoms with E-state index in [9.17, 15) is 4.79 Å². The van der Waals surface area contributed by atoms with E-state index in [1.54, 1.807) is 4.90 Å². The third-order valence-corrected chi connectivity index (χ3v) is 5.00. The van der Waals surface area contributed by atoms with Crippen molar-refractivity contribution < 1.29 is 14.3 Å². The molecule has 1 spiro atoms. The SMILES string of the molecule is CC(C)(C)OC(=O)N1CC2(C1)CN(c1nccc(N3CCOCC3)n1)C2. The standard InChI is InChI=1S/C18H27N5O3/c1-17(2,3)26-16(24)23-12-18(13-23)10-22(11-18)15-19-5-4-14(20-15)21-6-8-25-9-7-21/h4-5H,6-13H2,1-3H3. The smallest absolute Gasteiger partial charge is 0.410 e. The van der Waals surface area contributed by atoms with E-state index in [1.165, 1.54) is 0 Å². The summed E-state index contributed by atoms with van der Waals surface area (Å²) in [6.45, 7) is 12.2. The number of likely N-dealkylation sites (tertiary alicyclic amines) is 1. The van der Waals surface area contributed by atoms with Crippen molar-refractivity contribution in [2.75, 3.05) is 62.3 Å². The number of carbonyl (C=O) groups excluding carboxylic acids is 1. The van der Waals surface area contributed by atoms with Crippen LogP contribution in [-0.4, -0.2) is 79.0 Å². The second-order valence-corrected chi connectivity index (χ2v) is 8.51. The van der Waals surface area contributed by atoms with Crippen molar-refractivity contribution in [1.82, 2.24) is 14.9 Å². The van der Waals surface area contributed by atoms with Crippen LogP contribution in [0.2, 0.25) is 0 Å². The van der Waals surface area contributed by atoms with Crippen LogP contribution in [-0.2, 0) is 9.47 Å². The van der Waals surface area contributed by atoms with E-state index in [1.807, 2.05) is 33.0 Å². The molecule has 1 amide bonds. The van der Waals surface area contributed by atoms with Gasteiger partial charge in [0.1, 0.15) is 11.4 Å². The van der Waals surface area contributed by atoms with Crippen molar-refractivity contribution >= 4 is 17.9 Å². The van der Waals surface area contributed by atoms with Gasteiger partial charge in [0.25, 0.3) is 0 Å². The first kappa shape index (κ1) is 17.3. The van der Waals surface area contributed by atoms with Gasteiger partial charge < -0.3 is 24.2 Å². The number of aromatic nitrogens is 2. The Morgan fingerprint density at radius 1 is 1.15 bits per heavy atom. The van der Waals surface area contributed by atoms with E-state index in [0.29, 0.717) is 0 Å². The zero-order valence-electron chi connectivity index (χ0n) is 15.8. The lowest BCUT2D eigenvalue weighted by Crippen LogP contribution is -2.73. The molecule has 3 aliphatic heterocycles. The minimum Gasteiger partial charge on any atom is -0.444 e. The monoisotopic (exact) mass is 361 g/mol. The Hall–Kier alpha value is -2.09. The fourth-order valence-corrected chi connectivity index (χ4v) is 3.78. The summed E-state index contributed by atoms with van der Waals surface area (Å²) in [5.74, 6) is 1.73. The topological polar surface area (TPSA) is 71.0 Å². The van der Waals surface area contributed by atoms with Crippen molar-refractivity contribution in [3.05, 3.63) is 12.3 Å². The number of amides is 1. The van der Waals surface area contributed by atoms with Gasteiger partial charge in [-0.3, -0.25) is 0 Å². The normalized spacial score (nSPS) is 22.0. The molecule has 8 nitrogen and oxygen atoms in total. The zero-order chi connectivity index (χ0) is 18.4. The summed E-state index contributed by atoms with van der Waals surface area (Å²) in [7, 11) is 0. The molecular formula is C18H27N5O3. The van der Waals surface area contributed by atoms with Gasteiger partial charge in [0.05, 0.1) is 13.2 Å². The number of anilines is 2. The number of hydrogen-bond donors (Lipinski definition) is 0. The molecule has 0 radical (unpaired) electrons. The maximum absolute atomic E-state index is 12.1. The van der Waals surface area contributed by atoms with E-state index in [0.717, 1.165) is 64.2 Å². The molecule has 142 valence electrons. The van der Waals surface area contributed by atoms with E-state index >= 15 is 0 Å². The first-order valence-corrected chi connectivity index (χ1v) is 9.22. The van der Waals surface area contributed by atoms with E-state index in [-0.39, 0.29) is 11.5 Å². The Morgan fingerprint density at radius 2 is 1.85 bits per heavy atom. The fraction of sp³-hybridized carbons (Fsp3) is 0.722. The predicted octanol–water partition coefficient (Wildman–Crippen LogP) is 1.37. The van der Waals surface area contributed by atoms with Crippen LogP contribution in [0.4, 0.5) is 16.6 Å². The molecule has 0 saturated carbocycles. The molecule has 0 N–H and O–H groups in total. The Morgan fingerprint density at radius 3 is 2.50 bits per heavy atom. The van der Waals surface area contributed by atoms with Crippen LogP contribution >= 0.6 is 0 Å². The van der Waals surface area contributed by atoms with Crippen LogP contribution < -0.4 is 9.80 Å². The van der Waals surface area contributed by atoms with Gasteiger partial charge in [-0.1, -0.05) is 0 Å². The van der Waals surface area contributed by atoms with Crippen molar-refractivity contribution in [3.63, 3.8) is 0 Å². The molecule has 3 fully saturated rings. The molecule has 0 aliphatic carbocycles. The van der Waals surface area contributed by atoms with E-state index in [4.69, 9.17) is 14.5 Å². The third kappa shape index (κ3) is 3.42. The van der Waals surface area contributed by atoms with Crippen LogP contribution in [0.1, 0.15) is 20.8 Å². The van der Waals surface area contributed by atoms with Crippen molar-refractivity contribution in [2.45, 2.75) is 26.4 Å². The van der Waals surface area contributed by atoms with E-state index in [2.05, 4.69) is 14.8 Å². The number of carbonyl (C=O) groups is 1. The van der Waals surface area contributed by atoms with Gasteiger partial charge in [0.15, 0.2) is 0 Å². The minimum absolute atomic E-state index is 0.176. The molecule has 1 aromatic rings. The third-order valence-electron chi connectivity index (χ3n) is 5.00. The molecule has 8 heteroatoms. The number of hydrogen-bond acceptors (Lipinski definition) is 7. The highest BCUT2D eigenvalue weighted by Gasteiger charge is 2.54. The number of nitrogens with zero attached hydrogens (tertiary/aromatic N) is 5. The largest absolute Gasteiger partial charge is 0.444 e. The van der Waals surface area contributed by atoms with Gasteiger partial charge in [0, 0.05) is 50.9 Å². The van der Waals surface area contributed by atoms with Gasteiger partial charge in [0.2, 0.25) is 5.95 Å². The van der Waals surface area contributed by atoms with Gasteiger partial charge in [-0.25, -0.2) is 9.78 Å². The highest BCUT2D eigenvalue weighted by atomic mass is 16.6. The van der Waals surface area contributed by atoms with Crippen LogP contribution in [0.3, 0.4) is 0 Å². The molecular weight excluding hydrogens is 334 g/mol. The number of rotatable bonds is 2. The highest BCUT2D eigenvalue weighted by molar-refractivity contribution is 5.70. The van der Waals surface area contributed by atoms with Crippen molar-refractivity contribution in [3.8, 4) is 0 Å². The van der Waals surface area contributed by atoms with Gasteiger partial charge in [-0.2, -0.15) is 4.98 Å². The van der Waals surface area contributed by atoms with Crippen LogP contribution in [0.5, 0.6) is 0 Å². The molecule has 3 aliphatic rings. The highest BCUT2D eigenvalue weighted by Crippen LogP contribution is 2.41. The molecule has 0 aromatic carbocycles. The summed E-state index contributed by atoms with van der Waals surface area (Å²) >= 11 is 0. The minimum atomic E-state index is -0.445. The predicted molar refractivity (Wildman–Crippen MR) is 97.5 cm³/mol. The first-order valence-electron chi connectivity index (χ1n) is 9.22. The lowest BCUT2D eigenvalue weighted by Gasteiger charge is -2.59. The maximum atomic E-state index is 12.1. The Balaban J connectivity index is 1.31.